The van der Waals surface area contributed by atoms with E-state index in [2.05, 4.69) is 17.2 Å². The first-order valence-corrected chi connectivity index (χ1v) is 5.96. The van der Waals surface area contributed by atoms with Crippen LogP contribution >= 0.6 is 11.6 Å². The maximum atomic E-state index is 11.7. The third-order valence-electron chi connectivity index (χ3n) is 2.35. The summed E-state index contributed by atoms with van der Waals surface area (Å²) in [7, 11) is 0. The number of carboxylic acids is 1. The summed E-state index contributed by atoms with van der Waals surface area (Å²) in [5, 5.41) is 22.6. The monoisotopic (exact) mass is 293 g/mol. The lowest BCUT2D eigenvalue weighted by molar-refractivity contribution is -0.139. The summed E-state index contributed by atoms with van der Waals surface area (Å²) >= 11 is 5.87. The molecule has 104 valence electrons. The van der Waals surface area contributed by atoms with Crippen molar-refractivity contribution in [2.45, 2.75) is 12.5 Å². The molecule has 0 bridgehead atoms. The Hall–Kier alpha value is -2.52. The van der Waals surface area contributed by atoms with Crippen LogP contribution < -0.4 is 10.6 Å². The van der Waals surface area contributed by atoms with Gasteiger partial charge in [-0.3, -0.25) is 0 Å². The van der Waals surface area contributed by atoms with Crippen LogP contribution in [0, 0.1) is 11.3 Å². The summed E-state index contributed by atoms with van der Waals surface area (Å²) in [5.74, 6) is -1.17. The summed E-state index contributed by atoms with van der Waals surface area (Å²) in [5.41, 5.74) is 0.552. The van der Waals surface area contributed by atoms with E-state index >= 15 is 0 Å². The molecule has 0 aromatic heterocycles. The van der Waals surface area contributed by atoms with Crippen molar-refractivity contribution in [2.75, 3.05) is 5.32 Å². The fourth-order valence-electron chi connectivity index (χ4n) is 1.40. The average molecular weight is 294 g/mol. The first-order valence-electron chi connectivity index (χ1n) is 5.58. The molecule has 1 atom stereocenters. The maximum Gasteiger partial charge on any atom is 0.326 e. The van der Waals surface area contributed by atoms with Gasteiger partial charge in [-0.15, -0.1) is 6.58 Å². The zero-order chi connectivity index (χ0) is 15.1. The van der Waals surface area contributed by atoms with Crippen LogP contribution in [-0.4, -0.2) is 23.1 Å². The van der Waals surface area contributed by atoms with Gasteiger partial charge in [-0.25, -0.2) is 9.59 Å². The van der Waals surface area contributed by atoms with E-state index in [4.69, 9.17) is 22.0 Å². The second-order valence-corrected chi connectivity index (χ2v) is 4.23. The number of amides is 2. The molecule has 0 saturated heterocycles. The average Bonchev–Trinajstić information content (AvgIpc) is 2.40. The SMILES string of the molecule is C=CCC(NC(=O)Nc1cc(C#N)ccc1Cl)C(=O)O. The summed E-state index contributed by atoms with van der Waals surface area (Å²) in [6, 6.07) is 4.47. The first kappa shape index (κ1) is 15.5. The van der Waals surface area contributed by atoms with Gasteiger partial charge in [0.15, 0.2) is 0 Å². The van der Waals surface area contributed by atoms with Crippen molar-refractivity contribution in [3.05, 3.63) is 41.4 Å². The number of nitrogens with zero attached hydrogens (tertiary/aromatic N) is 1. The van der Waals surface area contributed by atoms with Crippen LogP contribution in [-0.2, 0) is 4.79 Å². The van der Waals surface area contributed by atoms with Gasteiger partial charge in [-0.2, -0.15) is 5.26 Å². The highest BCUT2D eigenvalue weighted by atomic mass is 35.5. The number of nitriles is 1. The molecular weight excluding hydrogens is 282 g/mol. The number of nitrogens with one attached hydrogen (secondary N) is 2. The van der Waals surface area contributed by atoms with E-state index in [-0.39, 0.29) is 17.1 Å². The number of carboxylic acid groups (broad SMARTS) is 1. The van der Waals surface area contributed by atoms with Crippen molar-refractivity contribution in [1.82, 2.24) is 5.32 Å². The van der Waals surface area contributed by atoms with Crippen molar-refractivity contribution in [1.29, 1.82) is 5.26 Å². The zero-order valence-electron chi connectivity index (χ0n) is 10.4. The van der Waals surface area contributed by atoms with Gasteiger partial charge in [0, 0.05) is 0 Å². The van der Waals surface area contributed by atoms with Crippen molar-refractivity contribution in [3.8, 4) is 6.07 Å². The lowest BCUT2D eigenvalue weighted by atomic mass is 10.2. The van der Waals surface area contributed by atoms with Crippen LogP contribution in [0.15, 0.2) is 30.9 Å². The number of rotatable bonds is 5. The molecule has 6 nitrogen and oxygen atoms in total. The predicted molar refractivity (Wildman–Crippen MR) is 74.6 cm³/mol. The van der Waals surface area contributed by atoms with Crippen LogP contribution in [0.2, 0.25) is 5.02 Å². The van der Waals surface area contributed by atoms with Crippen molar-refractivity contribution >= 4 is 29.3 Å². The Morgan fingerprint density at radius 3 is 2.80 bits per heavy atom. The zero-order valence-corrected chi connectivity index (χ0v) is 11.1. The van der Waals surface area contributed by atoms with E-state index in [1.807, 2.05) is 6.07 Å². The van der Waals surface area contributed by atoms with Gasteiger partial charge in [-0.1, -0.05) is 17.7 Å². The number of aliphatic carboxylic acids is 1. The van der Waals surface area contributed by atoms with Crippen molar-refractivity contribution < 1.29 is 14.7 Å². The normalized spacial score (nSPS) is 11.0. The lowest BCUT2D eigenvalue weighted by Gasteiger charge is -2.14. The molecule has 1 unspecified atom stereocenters. The molecule has 1 aromatic carbocycles. The number of hydrogen-bond acceptors (Lipinski definition) is 3. The number of carbonyl (C=O) groups is 2. The van der Waals surface area contributed by atoms with Gasteiger partial charge in [0.1, 0.15) is 6.04 Å². The summed E-state index contributed by atoms with van der Waals surface area (Å²) < 4.78 is 0. The Balaban J connectivity index is 2.78. The quantitative estimate of drug-likeness (QED) is 0.725. The minimum atomic E-state index is -1.17. The molecule has 0 heterocycles. The molecule has 0 aliphatic heterocycles. The van der Waals surface area contributed by atoms with E-state index in [9.17, 15) is 9.59 Å². The van der Waals surface area contributed by atoms with Crippen LogP contribution in [0.5, 0.6) is 0 Å². The first-order chi connectivity index (χ1) is 9.47. The molecule has 2 amide bonds. The van der Waals surface area contributed by atoms with Gasteiger partial charge in [0.25, 0.3) is 0 Å². The van der Waals surface area contributed by atoms with Gasteiger partial charge in [-0.05, 0) is 24.6 Å². The number of benzene rings is 1. The Kier molecular flexibility index (Phi) is 5.56. The molecule has 20 heavy (non-hydrogen) atoms. The number of halogens is 1. The fourth-order valence-corrected chi connectivity index (χ4v) is 1.56. The molecule has 0 fully saturated rings. The van der Waals surface area contributed by atoms with Crippen LogP contribution in [0.4, 0.5) is 10.5 Å². The van der Waals surface area contributed by atoms with Gasteiger partial charge < -0.3 is 15.7 Å². The Morgan fingerprint density at radius 2 is 2.25 bits per heavy atom. The molecule has 0 saturated carbocycles. The smallest absolute Gasteiger partial charge is 0.326 e. The number of carbonyl (C=O) groups excluding carboxylic acids is 1. The Morgan fingerprint density at radius 1 is 1.55 bits per heavy atom. The Bertz CT molecular complexity index is 581. The van der Waals surface area contributed by atoms with Gasteiger partial charge in [0.05, 0.1) is 22.3 Å². The molecule has 7 heteroatoms. The van der Waals surface area contributed by atoms with E-state index < -0.39 is 18.0 Å². The standard InChI is InChI=1S/C13H12ClN3O3/c1-2-3-10(12(18)19)16-13(20)17-11-6-8(7-15)4-5-9(11)14/h2,4-6,10H,1,3H2,(H,18,19)(H2,16,17,20). The minimum Gasteiger partial charge on any atom is -0.480 e. The lowest BCUT2D eigenvalue weighted by Crippen LogP contribution is -2.42. The molecule has 1 rings (SSSR count). The summed E-state index contributed by atoms with van der Waals surface area (Å²) in [6.07, 6.45) is 1.48. The van der Waals surface area contributed by atoms with Gasteiger partial charge in [0.2, 0.25) is 0 Å². The largest absolute Gasteiger partial charge is 0.480 e. The second kappa shape index (κ2) is 7.16. The third kappa shape index (κ3) is 4.30. The topological polar surface area (TPSA) is 102 Å². The maximum absolute atomic E-state index is 11.7. The van der Waals surface area contributed by atoms with Crippen LogP contribution in [0.25, 0.3) is 0 Å². The minimum absolute atomic E-state index is 0.0920. The molecule has 0 radical (unpaired) electrons. The molecule has 0 spiro atoms. The summed E-state index contributed by atoms with van der Waals surface area (Å²) in [4.78, 5) is 22.6. The van der Waals surface area contributed by atoms with E-state index in [1.165, 1.54) is 24.3 Å². The van der Waals surface area contributed by atoms with Crippen LogP contribution in [0.1, 0.15) is 12.0 Å². The van der Waals surface area contributed by atoms with Gasteiger partial charge >= 0.3 is 12.0 Å². The van der Waals surface area contributed by atoms with E-state index in [1.54, 1.807) is 0 Å². The highest BCUT2D eigenvalue weighted by Crippen LogP contribution is 2.22. The number of anilines is 1. The molecular formula is C13H12ClN3O3. The molecule has 0 aliphatic carbocycles. The van der Waals surface area contributed by atoms with Crippen molar-refractivity contribution in [3.63, 3.8) is 0 Å². The van der Waals surface area contributed by atoms with E-state index in [0.717, 1.165) is 0 Å². The number of urea groups is 1. The molecule has 0 aliphatic rings. The molecule has 3 N–H and O–H groups in total. The fraction of sp³-hybridized carbons (Fsp3) is 0.154. The number of hydrogen-bond donors (Lipinski definition) is 3. The highest BCUT2D eigenvalue weighted by molar-refractivity contribution is 6.33. The van der Waals surface area contributed by atoms with E-state index in [0.29, 0.717) is 5.56 Å². The van der Waals surface area contributed by atoms with Crippen molar-refractivity contribution in [2.24, 2.45) is 0 Å². The Labute approximate surface area is 120 Å². The highest BCUT2D eigenvalue weighted by Gasteiger charge is 2.18. The third-order valence-corrected chi connectivity index (χ3v) is 2.68. The molecule has 1 aromatic rings. The predicted octanol–water partition coefficient (Wildman–Crippen LogP) is 2.36. The second-order valence-electron chi connectivity index (χ2n) is 3.82. The van der Waals surface area contributed by atoms with Crippen LogP contribution in [0.3, 0.4) is 0 Å². The summed E-state index contributed by atoms with van der Waals surface area (Å²) in [6.45, 7) is 3.42.